The maximum atomic E-state index is 11.6. The molecule has 0 amide bonds. The summed E-state index contributed by atoms with van der Waals surface area (Å²) in [6, 6.07) is 0. The summed E-state index contributed by atoms with van der Waals surface area (Å²) < 4.78 is 7.78. The summed E-state index contributed by atoms with van der Waals surface area (Å²) in [5.74, 6) is -16.2. The predicted molar refractivity (Wildman–Crippen MR) is 107 cm³/mol. The molecule has 0 aliphatic heterocycles. The molecule has 4 atom stereocenters. The van der Waals surface area contributed by atoms with Gasteiger partial charge in [0.2, 0.25) is 0 Å². The molecule has 0 rings (SSSR count). The van der Waals surface area contributed by atoms with E-state index in [1.165, 1.54) is 0 Å². The second-order valence-electron chi connectivity index (χ2n) is 6.64. The zero-order valence-corrected chi connectivity index (χ0v) is 16.6. The van der Waals surface area contributed by atoms with Crippen LogP contribution < -0.4 is 0 Å². The average molecular weight is 546 g/mol. The summed E-state index contributed by atoms with van der Waals surface area (Å²) in [7, 11) is 0. The zero-order valence-electron chi connectivity index (χ0n) is 16.6. The van der Waals surface area contributed by atoms with Crippen LogP contribution in [0.15, 0.2) is 0 Å². The number of esters is 4. The van der Waals surface area contributed by atoms with Gasteiger partial charge in [0.25, 0.3) is 0 Å². The molecular formula is C16H20Na2O18. The first-order chi connectivity index (χ1) is 15.3. The first-order valence-electron chi connectivity index (χ1n) is 8.55. The van der Waals surface area contributed by atoms with Crippen molar-refractivity contribution >= 4 is 107 Å². The van der Waals surface area contributed by atoms with Crippen molar-refractivity contribution in [3.8, 4) is 0 Å². The number of aliphatic hydroxyl groups is 4. The van der Waals surface area contributed by atoms with Gasteiger partial charge in [0.1, 0.15) is 0 Å². The second-order valence-corrected chi connectivity index (χ2v) is 6.64. The SMILES string of the molecule is O=C(O)CC(O)(CC(=O)OC(=O)C(O)C(O)C(=O)OC(=O)CC(O)(CC(=O)O)C(=O)O)C(=O)O.[NaH].[NaH]. The summed E-state index contributed by atoms with van der Waals surface area (Å²) in [5.41, 5.74) is -6.45. The number of hydrogen-bond acceptors (Lipinski definition) is 14. The molecule has 0 aliphatic rings. The van der Waals surface area contributed by atoms with Gasteiger partial charge in [-0.15, -0.1) is 0 Å². The number of rotatable bonds is 13. The van der Waals surface area contributed by atoms with Crippen molar-refractivity contribution in [3.05, 3.63) is 0 Å². The Labute approximate surface area is 243 Å². The van der Waals surface area contributed by atoms with E-state index in [0.717, 1.165) is 0 Å². The van der Waals surface area contributed by atoms with E-state index in [1.54, 1.807) is 0 Å². The van der Waals surface area contributed by atoms with Crippen molar-refractivity contribution in [2.75, 3.05) is 0 Å². The van der Waals surface area contributed by atoms with Gasteiger partial charge < -0.3 is 50.3 Å². The van der Waals surface area contributed by atoms with Gasteiger partial charge in [-0.05, 0) is 0 Å². The fourth-order valence-corrected chi connectivity index (χ4v) is 2.08. The third-order valence-electron chi connectivity index (χ3n) is 3.77. The molecule has 194 valence electrons. The summed E-state index contributed by atoms with van der Waals surface area (Å²) >= 11 is 0. The van der Waals surface area contributed by atoms with Gasteiger partial charge >= 0.3 is 107 Å². The van der Waals surface area contributed by atoms with Crippen molar-refractivity contribution in [3.63, 3.8) is 0 Å². The second kappa shape index (κ2) is 16.0. The van der Waals surface area contributed by atoms with E-state index in [1.807, 2.05) is 0 Å². The molecule has 0 spiro atoms. The number of carbonyl (C=O) groups is 8. The van der Waals surface area contributed by atoms with Crippen LogP contribution in [0, 0.1) is 0 Å². The fraction of sp³-hybridized carbons (Fsp3) is 0.500. The first kappa shape index (κ1) is 38.5. The van der Waals surface area contributed by atoms with Crippen LogP contribution >= 0.6 is 0 Å². The molecule has 0 saturated heterocycles. The van der Waals surface area contributed by atoms with Gasteiger partial charge in [0.05, 0.1) is 25.7 Å². The summed E-state index contributed by atoms with van der Waals surface area (Å²) in [6.45, 7) is 0. The molecular weight excluding hydrogens is 526 g/mol. The Bertz CT molecular complexity index is 830. The van der Waals surface area contributed by atoms with E-state index in [9.17, 15) is 58.8 Å². The third kappa shape index (κ3) is 12.3. The molecule has 0 aromatic rings. The Morgan fingerprint density at radius 3 is 1.00 bits per heavy atom. The van der Waals surface area contributed by atoms with E-state index in [2.05, 4.69) is 9.47 Å². The molecule has 8 N–H and O–H groups in total. The van der Waals surface area contributed by atoms with Crippen LogP contribution in [0.2, 0.25) is 0 Å². The fourth-order valence-electron chi connectivity index (χ4n) is 2.08. The minimum absolute atomic E-state index is 0. The number of aliphatic carboxylic acids is 4. The number of ether oxygens (including phenoxy) is 2. The van der Waals surface area contributed by atoms with Crippen molar-refractivity contribution in [1.82, 2.24) is 0 Å². The predicted octanol–water partition coefficient (Wildman–Crippen LogP) is -6.09. The van der Waals surface area contributed by atoms with Crippen LogP contribution in [0.3, 0.4) is 0 Å². The Hall–Kier alpha value is -2.00. The minimum atomic E-state index is -3.23. The topological polar surface area (TPSA) is 317 Å². The molecule has 0 saturated carbocycles. The molecule has 18 nitrogen and oxygen atoms in total. The van der Waals surface area contributed by atoms with Gasteiger partial charge in [-0.1, -0.05) is 0 Å². The van der Waals surface area contributed by atoms with E-state index >= 15 is 0 Å². The van der Waals surface area contributed by atoms with Crippen molar-refractivity contribution in [1.29, 1.82) is 0 Å². The zero-order chi connectivity index (χ0) is 27.0. The molecule has 0 bridgehead atoms. The van der Waals surface area contributed by atoms with Gasteiger partial charge in [0, 0.05) is 0 Å². The monoisotopic (exact) mass is 546 g/mol. The summed E-state index contributed by atoms with van der Waals surface area (Å²) in [5, 5.41) is 73.1. The van der Waals surface area contributed by atoms with Crippen molar-refractivity contribution < 1.29 is 88.7 Å². The van der Waals surface area contributed by atoms with Gasteiger partial charge in [-0.2, -0.15) is 0 Å². The molecule has 0 aromatic heterocycles. The Balaban J connectivity index is -0.00000544. The molecule has 0 heterocycles. The molecule has 20 heteroatoms. The normalized spacial score (nSPS) is 15.1. The molecule has 36 heavy (non-hydrogen) atoms. The van der Waals surface area contributed by atoms with E-state index in [-0.39, 0.29) is 59.1 Å². The maximum absolute atomic E-state index is 11.6. The summed E-state index contributed by atoms with van der Waals surface area (Å²) in [6.07, 6.45) is -12.2. The Morgan fingerprint density at radius 2 is 0.806 bits per heavy atom. The van der Waals surface area contributed by atoms with Gasteiger partial charge in [-0.3, -0.25) is 19.2 Å². The molecule has 0 fully saturated rings. The average Bonchev–Trinajstić information content (AvgIpc) is 2.64. The molecule has 0 aliphatic carbocycles. The van der Waals surface area contributed by atoms with E-state index in [0.29, 0.717) is 0 Å². The standard InChI is InChI=1S/C16H18O18.2Na.2H/c17-5(18)1-15(31,13(27)28)3-7(21)33-11(25)9(23)10(24)12(26)34-8(22)4-16(32,14(29)30)2-6(19)20;;;;/h9-10,23-24,31-32H,1-4H2,(H,17,18)(H,19,20)(H,27,28)(H,29,30);;;;. The van der Waals surface area contributed by atoms with Crippen LogP contribution in [0.25, 0.3) is 0 Å². The van der Waals surface area contributed by atoms with Crippen LogP contribution in [-0.4, -0.2) is 171 Å². The van der Waals surface area contributed by atoms with Gasteiger partial charge in [0.15, 0.2) is 23.4 Å². The van der Waals surface area contributed by atoms with Gasteiger partial charge in [-0.25, -0.2) is 19.2 Å². The Kier molecular flexibility index (Phi) is 17.1. The Morgan fingerprint density at radius 1 is 0.556 bits per heavy atom. The van der Waals surface area contributed by atoms with Crippen LogP contribution in [0.5, 0.6) is 0 Å². The van der Waals surface area contributed by atoms with Crippen LogP contribution in [0.4, 0.5) is 0 Å². The number of hydrogen-bond donors (Lipinski definition) is 8. The quantitative estimate of drug-likeness (QED) is 0.0605. The molecule has 0 aromatic carbocycles. The third-order valence-corrected chi connectivity index (χ3v) is 3.77. The molecule has 4 unspecified atom stereocenters. The van der Waals surface area contributed by atoms with E-state index in [4.69, 9.17) is 20.4 Å². The first-order valence-corrected chi connectivity index (χ1v) is 8.55. The molecule has 0 radical (unpaired) electrons. The van der Waals surface area contributed by atoms with Crippen LogP contribution in [0.1, 0.15) is 25.7 Å². The number of carboxylic acids is 4. The number of carboxylic acid groups (broad SMARTS) is 4. The number of carbonyl (C=O) groups excluding carboxylic acids is 4. The summed E-state index contributed by atoms with van der Waals surface area (Å²) in [4.78, 5) is 89.5. The van der Waals surface area contributed by atoms with Crippen LogP contribution in [-0.2, 0) is 47.8 Å². The van der Waals surface area contributed by atoms with Crippen molar-refractivity contribution in [2.24, 2.45) is 0 Å². The number of aliphatic hydroxyl groups excluding tert-OH is 2. The van der Waals surface area contributed by atoms with Crippen molar-refractivity contribution in [2.45, 2.75) is 49.1 Å². The van der Waals surface area contributed by atoms with E-state index < -0.39 is 96.8 Å².